The molecular formula is C15H21FN2O3. The Hall–Kier alpha value is -1.50. The number of nitrogens with one attached hydrogen (secondary N) is 1. The predicted octanol–water partition coefficient (Wildman–Crippen LogP) is 0.962. The summed E-state index contributed by atoms with van der Waals surface area (Å²) in [7, 11) is 1.62. The normalized spacial score (nSPS) is 18.8. The molecule has 1 N–H and O–H groups in total. The van der Waals surface area contributed by atoms with Gasteiger partial charge in [-0.05, 0) is 17.7 Å². The minimum absolute atomic E-state index is 0.0431. The highest BCUT2D eigenvalue weighted by atomic mass is 19.1. The first-order valence-electron chi connectivity index (χ1n) is 7.05. The van der Waals surface area contributed by atoms with Gasteiger partial charge < -0.3 is 19.7 Å². The van der Waals surface area contributed by atoms with E-state index in [0.717, 1.165) is 5.56 Å². The number of nitrogens with zero attached hydrogens (tertiary/aromatic N) is 1. The number of carbonyl (C=O) groups is 1. The molecule has 1 heterocycles. The molecule has 2 rings (SSSR count). The van der Waals surface area contributed by atoms with Crippen molar-refractivity contribution in [2.45, 2.75) is 6.10 Å². The Morgan fingerprint density at radius 2 is 2.24 bits per heavy atom. The van der Waals surface area contributed by atoms with E-state index in [1.165, 1.54) is 12.1 Å². The summed E-state index contributed by atoms with van der Waals surface area (Å²) in [6.07, 6.45) is -0.192. The summed E-state index contributed by atoms with van der Waals surface area (Å²) in [6.45, 7) is 3.09. The standard InChI is InChI=1S/C15H21FN2O3/c1-20-8-6-17-10-15(19)18-7-9-21-14(11-18)12-2-4-13(16)5-3-12/h2-5,14,17H,6-11H2,1H3. The third-order valence-electron chi connectivity index (χ3n) is 3.42. The fourth-order valence-corrected chi connectivity index (χ4v) is 2.24. The first-order valence-corrected chi connectivity index (χ1v) is 7.05. The van der Waals surface area contributed by atoms with E-state index in [1.54, 1.807) is 24.1 Å². The van der Waals surface area contributed by atoms with E-state index < -0.39 is 0 Å². The summed E-state index contributed by atoms with van der Waals surface area (Å²) in [5, 5.41) is 3.04. The lowest BCUT2D eigenvalue weighted by Gasteiger charge is -2.33. The van der Waals surface area contributed by atoms with Crippen LogP contribution >= 0.6 is 0 Å². The van der Waals surface area contributed by atoms with Gasteiger partial charge in [-0.25, -0.2) is 4.39 Å². The lowest BCUT2D eigenvalue weighted by Crippen LogP contribution is -2.46. The summed E-state index contributed by atoms with van der Waals surface area (Å²) in [6, 6.07) is 6.22. The number of rotatable bonds is 6. The third kappa shape index (κ3) is 4.77. The minimum Gasteiger partial charge on any atom is -0.383 e. The molecule has 0 aliphatic carbocycles. The summed E-state index contributed by atoms with van der Waals surface area (Å²) in [5.74, 6) is -0.230. The topological polar surface area (TPSA) is 50.8 Å². The molecule has 0 radical (unpaired) electrons. The second-order valence-corrected chi connectivity index (χ2v) is 4.92. The minimum atomic E-state index is -0.273. The highest BCUT2D eigenvalue weighted by molar-refractivity contribution is 5.78. The van der Waals surface area contributed by atoms with Crippen molar-refractivity contribution in [1.82, 2.24) is 10.2 Å². The number of ether oxygens (including phenoxy) is 2. The molecule has 1 fully saturated rings. The van der Waals surface area contributed by atoms with E-state index in [4.69, 9.17) is 9.47 Å². The maximum Gasteiger partial charge on any atom is 0.236 e. The Morgan fingerprint density at radius 3 is 2.95 bits per heavy atom. The number of hydrogen-bond acceptors (Lipinski definition) is 4. The Labute approximate surface area is 124 Å². The number of hydrogen-bond donors (Lipinski definition) is 1. The molecule has 0 aromatic heterocycles. The molecule has 1 saturated heterocycles. The van der Waals surface area contributed by atoms with Crippen LogP contribution in [0.2, 0.25) is 0 Å². The van der Waals surface area contributed by atoms with Crippen molar-refractivity contribution in [3.63, 3.8) is 0 Å². The lowest BCUT2D eigenvalue weighted by atomic mass is 10.1. The molecule has 1 unspecified atom stereocenters. The first-order chi connectivity index (χ1) is 10.2. The van der Waals surface area contributed by atoms with Crippen LogP contribution in [0.5, 0.6) is 0 Å². The number of amides is 1. The van der Waals surface area contributed by atoms with Crippen LogP contribution in [0, 0.1) is 5.82 Å². The van der Waals surface area contributed by atoms with E-state index in [0.29, 0.717) is 39.4 Å². The Bertz CT molecular complexity index is 453. The summed E-state index contributed by atoms with van der Waals surface area (Å²) >= 11 is 0. The van der Waals surface area contributed by atoms with Gasteiger partial charge in [0.05, 0.1) is 26.3 Å². The molecule has 1 aliphatic rings. The molecule has 6 heteroatoms. The number of morpholine rings is 1. The van der Waals surface area contributed by atoms with E-state index in [-0.39, 0.29) is 17.8 Å². The fourth-order valence-electron chi connectivity index (χ4n) is 2.24. The van der Waals surface area contributed by atoms with Crippen LogP contribution in [-0.2, 0) is 14.3 Å². The van der Waals surface area contributed by atoms with Crippen LogP contribution in [0.25, 0.3) is 0 Å². The number of benzene rings is 1. The zero-order chi connectivity index (χ0) is 15.1. The lowest BCUT2D eigenvalue weighted by molar-refractivity contribution is -0.138. The zero-order valence-corrected chi connectivity index (χ0v) is 12.2. The van der Waals surface area contributed by atoms with Crippen molar-refractivity contribution in [3.8, 4) is 0 Å². The number of methoxy groups -OCH3 is 1. The van der Waals surface area contributed by atoms with Gasteiger partial charge in [0.1, 0.15) is 11.9 Å². The van der Waals surface area contributed by atoms with Gasteiger partial charge >= 0.3 is 0 Å². The Morgan fingerprint density at radius 1 is 1.48 bits per heavy atom. The summed E-state index contributed by atoms with van der Waals surface area (Å²) < 4.78 is 23.5. The van der Waals surface area contributed by atoms with Gasteiger partial charge in [-0.3, -0.25) is 4.79 Å². The van der Waals surface area contributed by atoms with Crippen LogP contribution in [0.15, 0.2) is 24.3 Å². The zero-order valence-electron chi connectivity index (χ0n) is 12.2. The van der Waals surface area contributed by atoms with Crippen LogP contribution < -0.4 is 5.32 Å². The smallest absolute Gasteiger partial charge is 0.236 e. The second-order valence-electron chi connectivity index (χ2n) is 4.92. The molecule has 1 aliphatic heterocycles. The quantitative estimate of drug-likeness (QED) is 0.795. The van der Waals surface area contributed by atoms with Crippen molar-refractivity contribution < 1.29 is 18.7 Å². The second kappa shape index (κ2) is 8.07. The largest absolute Gasteiger partial charge is 0.383 e. The predicted molar refractivity (Wildman–Crippen MR) is 76.4 cm³/mol. The van der Waals surface area contributed by atoms with Gasteiger partial charge in [-0.15, -0.1) is 0 Å². The van der Waals surface area contributed by atoms with Crippen LogP contribution in [0.1, 0.15) is 11.7 Å². The number of carbonyl (C=O) groups excluding carboxylic acids is 1. The summed E-state index contributed by atoms with van der Waals surface area (Å²) in [4.78, 5) is 13.9. The van der Waals surface area contributed by atoms with Gasteiger partial charge in [0, 0.05) is 20.2 Å². The summed E-state index contributed by atoms with van der Waals surface area (Å²) in [5.41, 5.74) is 0.890. The molecule has 1 amide bonds. The maximum atomic E-state index is 12.9. The average molecular weight is 296 g/mol. The molecule has 1 aromatic carbocycles. The van der Waals surface area contributed by atoms with Crippen LogP contribution in [0.3, 0.4) is 0 Å². The van der Waals surface area contributed by atoms with Crippen molar-refractivity contribution in [2.24, 2.45) is 0 Å². The molecule has 1 aromatic rings. The molecule has 0 spiro atoms. The van der Waals surface area contributed by atoms with Gasteiger partial charge in [0.25, 0.3) is 0 Å². The van der Waals surface area contributed by atoms with Crippen molar-refractivity contribution >= 4 is 5.91 Å². The van der Waals surface area contributed by atoms with Crippen molar-refractivity contribution in [1.29, 1.82) is 0 Å². The fraction of sp³-hybridized carbons (Fsp3) is 0.533. The van der Waals surface area contributed by atoms with E-state index in [2.05, 4.69) is 5.32 Å². The monoisotopic (exact) mass is 296 g/mol. The molecular weight excluding hydrogens is 275 g/mol. The average Bonchev–Trinajstić information content (AvgIpc) is 2.52. The first kappa shape index (κ1) is 15.9. The van der Waals surface area contributed by atoms with E-state index in [9.17, 15) is 9.18 Å². The maximum absolute atomic E-state index is 12.9. The Balaban J connectivity index is 1.85. The van der Waals surface area contributed by atoms with Crippen molar-refractivity contribution in [3.05, 3.63) is 35.6 Å². The molecule has 21 heavy (non-hydrogen) atoms. The van der Waals surface area contributed by atoms with Crippen LogP contribution in [-0.4, -0.2) is 57.3 Å². The third-order valence-corrected chi connectivity index (χ3v) is 3.42. The van der Waals surface area contributed by atoms with Gasteiger partial charge in [0.2, 0.25) is 5.91 Å². The van der Waals surface area contributed by atoms with Crippen LogP contribution in [0.4, 0.5) is 4.39 Å². The van der Waals surface area contributed by atoms with E-state index >= 15 is 0 Å². The molecule has 0 bridgehead atoms. The van der Waals surface area contributed by atoms with Gasteiger partial charge in [0.15, 0.2) is 0 Å². The highest BCUT2D eigenvalue weighted by Gasteiger charge is 2.24. The van der Waals surface area contributed by atoms with Gasteiger partial charge in [-0.2, -0.15) is 0 Å². The van der Waals surface area contributed by atoms with Gasteiger partial charge in [-0.1, -0.05) is 12.1 Å². The Kier molecular flexibility index (Phi) is 6.10. The molecule has 0 saturated carbocycles. The number of halogens is 1. The molecule has 5 nitrogen and oxygen atoms in total. The molecule has 116 valence electrons. The highest BCUT2D eigenvalue weighted by Crippen LogP contribution is 2.22. The SMILES string of the molecule is COCCNCC(=O)N1CCOC(c2ccc(F)cc2)C1. The molecule has 1 atom stereocenters. The van der Waals surface area contributed by atoms with Crippen molar-refractivity contribution in [2.75, 3.05) is 46.5 Å². The van der Waals surface area contributed by atoms with E-state index in [1.807, 2.05) is 0 Å².